The molecule has 0 aromatic heterocycles. The fraction of sp³-hybridized carbons (Fsp3) is 0.818. The van der Waals surface area contributed by atoms with Crippen molar-refractivity contribution in [2.24, 2.45) is 0 Å². The zero-order chi connectivity index (χ0) is 12.0. The number of carboxylic acid groups (broad SMARTS) is 1. The van der Waals surface area contributed by atoms with Crippen LogP contribution in [0.4, 0.5) is 0 Å². The van der Waals surface area contributed by atoms with Crippen molar-refractivity contribution in [1.82, 2.24) is 4.90 Å². The molecule has 1 aliphatic carbocycles. The summed E-state index contributed by atoms with van der Waals surface area (Å²) in [7, 11) is 0. The molecule has 0 saturated heterocycles. The first kappa shape index (κ1) is 13.0. The summed E-state index contributed by atoms with van der Waals surface area (Å²) in [6.07, 6.45) is 4.53. The van der Waals surface area contributed by atoms with Crippen LogP contribution < -0.4 is 0 Å². The number of nitrogens with zero attached hydrogens (tertiary/aromatic N) is 1. The van der Waals surface area contributed by atoms with Crippen LogP contribution in [0.5, 0.6) is 0 Å². The summed E-state index contributed by atoms with van der Waals surface area (Å²) in [6, 6.07) is 0. The molecule has 92 valence electrons. The number of carbonyl (C=O) groups excluding carboxylic acids is 1. The zero-order valence-electron chi connectivity index (χ0n) is 9.65. The van der Waals surface area contributed by atoms with Crippen LogP contribution >= 0.6 is 0 Å². The molecule has 1 amide bonds. The van der Waals surface area contributed by atoms with E-state index in [-0.39, 0.29) is 25.2 Å². The largest absolute Gasteiger partial charge is 0.480 e. The number of ether oxygens (including phenoxy) is 1. The molecule has 0 bridgehead atoms. The van der Waals surface area contributed by atoms with Gasteiger partial charge in [0, 0.05) is 6.54 Å². The molecule has 1 rings (SSSR count). The second kappa shape index (κ2) is 6.48. The molecule has 16 heavy (non-hydrogen) atoms. The van der Waals surface area contributed by atoms with Crippen LogP contribution in [0, 0.1) is 0 Å². The van der Waals surface area contributed by atoms with Crippen molar-refractivity contribution in [2.45, 2.75) is 38.7 Å². The molecule has 1 fully saturated rings. The lowest BCUT2D eigenvalue weighted by atomic mass is 10.3. The molecule has 0 aromatic carbocycles. The van der Waals surface area contributed by atoms with Gasteiger partial charge in [0.05, 0.1) is 6.10 Å². The predicted molar refractivity (Wildman–Crippen MR) is 58.1 cm³/mol. The maximum absolute atomic E-state index is 11.6. The molecule has 5 heteroatoms. The van der Waals surface area contributed by atoms with Crippen LogP contribution in [0.15, 0.2) is 0 Å². The maximum atomic E-state index is 11.6. The summed E-state index contributed by atoms with van der Waals surface area (Å²) < 4.78 is 5.44. The SMILES string of the molecule is CCN(CC(=O)O)C(=O)COC1CCCC1. The minimum absolute atomic E-state index is 0.00574. The van der Waals surface area contributed by atoms with Gasteiger partial charge in [0.1, 0.15) is 13.2 Å². The van der Waals surface area contributed by atoms with Crippen molar-refractivity contribution < 1.29 is 19.4 Å². The molecular weight excluding hydrogens is 210 g/mol. The third-order valence-corrected chi connectivity index (χ3v) is 2.81. The van der Waals surface area contributed by atoms with Gasteiger partial charge in [-0.15, -0.1) is 0 Å². The smallest absolute Gasteiger partial charge is 0.323 e. The first-order valence-corrected chi connectivity index (χ1v) is 5.74. The van der Waals surface area contributed by atoms with Gasteiger partial charge in [0.25, 0.3) is 0 Å². The minimum atomic E-state index is -0.990. The van der Waals surface area contributed by atoms with Crippen LogP contribution in [-0.2, 0) is 14.3 Å². The second-order valence-electron chi connectivity index (χ2n) is 4.02. The van der Waals surface area contributed by atoms with Gasteiger partial charge in [0.2, 0.25) is 5.91 Å². The zero-order valence-corrected chi connectivity index (χ0v) is 9.65. The van der Waals surface area contributed by atoms with Crippen molar-refractivity contribution in [1.29, 1.82) is 0 Å². The van der Waals surface area contributed by atoms with E-state index >= 15 is 0 Å². The standard InChI is InChI=1S/C11H19NO4/c1-2-12(7-11(14)15)10(13)8-16-9-5-3-4-6-9/h9H,2-8H2,1H3,(H,14,15). The van der Waals surface area contributed by atoms with E-state index < -0.39 is 5.97 Å². The molecule has 1 saturated carbocycles. The highest BCUT2D eigenvalue weighted by molar-refractivity contribution is 5.82. The highest BCUT2D eigenvalue weighted by atomic mass is 16.5. The monoisotopic (exact) mass is 229 g/mol. The summed E-state index contributed by atoms with van der Waals surface area (Å²) in [5, 5.41) is 8.61. The average molecular weight is 229 g/mol. The highest BCUT2D eigenvalue weighted by Crippen LogP contribution is 2.20. The van der Waals surface area contributed by atoms with Crippen LogP contribution in [0.2, 0.25) is 0 Å². The van der Waals surface area contributed by atoms with Gasteiger partial charge in [-0.3, -0.25) is 9.59 Å². The van der Waals surface area contributed by atoms with E-state index in [2.05, 4.69) is 0 Å². The Hall–Kier alpha value is -1.10. The number of aliphatic carboxylic acids is 1. The molecular formula is C11H19NO4. The lowest BCUT2D eigenvalue weighted by molar-refractivity contribution is -0.147. The van der Waals surface area contributed by atoms with Crippen LogP contribution in [-0.4, -0.2) is 47.7 Å². The Balaban J connectivity index is 2.28. The average Bonchev–Trinajstić information content (AvgIpc) is 2.75. The fourth-order valence-corrected chi connectivity index (χ4v) is 1.88. The molecule has 0 aromatic rings. The van der Waals surface area contributed by atoms with E-state index in [4.69, 9.17) is 9.84 Å². The van der Waals surface area contributed by atoms with Gasteiger partial charge in [-0.25, -0.2) is 0 Å². The molecule has 0 radical (unpaired) electrons. The van der Waals surface area contributed by atoms with E-state index in [1.54, 1.807) is 6.92 Å². The molecule has 1 aliphatic rings. The first-order chi connectivity index (χ1) is 7.63. The van der Waals surface area contributed by atoms with E-state index in [0.717, 1.165) is 25.7 Å². The Labute approximate surface area is 95.4 Å². The van der Waals surface area contributed by atoms with Crippen molar-refractivity contribution in [2.75, 3.05) is 19.7 Å². The second-order valence-corrected chi connectivity index (χ2v) is 4.02. The van der Waals surface area contributed by atoms with Gasteiger partial charge >= 0.3 is 5.97 Å². The Bertz CT molecular complexity index is 248. The number of carboxylic acids is 1. The highest BCUT2D eigenvalue weighted by Gasteiger charge is 2.19. The third-order valence-electron chi connectivity index (χ3n) is 2.81. The molecule has 0 aliphatic heterocycles. The first-order valence-electron chi connectivity index (χ1n) is 5.74. The summed E-state index contributed by atoms with van der Waals surface area (Å²) in [6.45, 7) is 1.92. The maximum Gasteiger partial charge on any atom is 0.323 e. The Morgan fingerprint density at radius 3 is 2.50 bits per heavy atom. The lowest BCUT2D eigenvalue weighted by Crippen LogP contribution is -2.38. The van der Waals surface area contributed by atoms with Crippen molar-refractivity contribution in [3.63, 3.8) is 0 Å². The molecule has 0 unspecified atom stereocenters. The van der Waals surface area contributed by atoms with Gasteiger partial charge in [-0.2, -0.15) is 0 Å². The summed E-state index contributed by atoms with van der Waals surface area (Å²) >= 11 is 0. The van der Waals surface area contributed by atoms with Gasteiger partial charge in [-0.05, 0) is 19.8 Å². The number of hydrogen-bond acceptors (Lipinski definition) is 3. The third kappa shape index (κ3) is 4.18. The van der Waals surface area contributed by atoms with Crippen molar-refractivity contribution >= 4 is 11.9 Å². The van der Waals surface area contributed by atoms with Crippen LogP contribution in [0.1, 0.15) is 32.6 Å². The summed E-state index contributed by atoms with van der Waals surface area (Å²) in [4.78, 5) is 23.4. The Kier molecular flexibility index (Phi) is 5.25. The van der Waals surface area contributed by atoms with Crippen LogP contribution in [0.25, 0.3) is 0 Å². The Morgan fingerprint density at radius 1 is 1.38 bits per heavy atom. The van der Waals surface area contributed by atoms with Gasteiger partial charge < -0.3 is 14.7 Å². The quantitative estimate of drug-likeness (QED) is 0.734. The molecule has 0 spiro atoms. The number of hydrogen-bond donors (Lipinski definition) is 1. The normalized spacial score (nSPS) is 16.3. The molecule has 5 nitrogen and oxygen atoms in total. The fourth-order valence-electron chi connectivity index (χ4n) is 1.88. The van der Waals surface area contributed by atoms with E-state index in [0.29, 0.717) is 6.54 Å². The van der Waals surface area contributed by atoms with Crippen LogP contribution in [0.3, 0.4) is 0 Å². The minimum Gasteiger partial charge on any atom is -0.480 e. The molecule has 1 N–H and O–H groups in total. The number of carbonyl (C=O) groups is 2. The molecule has 0 heterocycles. The van der Waals surface area contributed by atoms with Gasteiger partial charge in [0.15, 0.2) is 0 Å². The van der Waals surface area contributed by atoms with Crippen molar-refractivity contribution in [3.05, 3.63) is 0 Å². The number of amides is 1. The van der Waals surface area contributed by atoms with E-state index in [1.807, 2.05) is 0 Å². The number of likely N-dealkylation sites (N-methyl/N-ethyl adjacent to an activating group) is 1. The molecule has 0 atom stereocenters. The summed E-state index contributed by atoms with van der Waals surface area (Å²) in [5.41, 5.74) is 0. The van der Waals surface area contributed by atoms with E-state index in [1.165, 1.54) is 4.90 Å². The number of rotatable bonds is 6. The lowest BCUT2D eigenvalue weighted by Gasteiger charge is -2.19. The van der Waals surface area contributed by atoms with Gasteiger partial charge in [-0.1, -0.05) is 12.8 Å². The Morgan fingerprint density at radius 2 is 2.00 bits per heavy atom. The predicted octanol–water partition coefficient (Wildman–Crippen LogP) is 0.879. The van der Waals surface area contributed by atoms with Crippen molar-refractivity contribution in [3.8, 4) is 0 Å². The topological polar surface area (TPSA) is 66.8 Å². The summed E-state index contributed by atoms with van der Waals surface area (Å²) in [5.74, 6) is -1.23. The van der Waals surface area contributed by atoms with E-state index in [9.17, 15) is 9.59 Å².